The van der Waals surface area contributed by atoms with Gasteiger partial charge in [-0.25, -0.2) is 4.39 Å². The van der Waals surface area contributed by atoms with Gasteiger partial charge in [0.25, 0.3) is 5.91 Å². The SMILES string of the molecule is COc1ccc(/C=C2/Oc3ccccc3N(CC(=O)N3CCN(c4ccccc4F)CC3)C2=O)cc1. The molecule has 0 aliphatic carbocycles. The Bertz CT molecular complexity index is 1300. The Kier molecular flexibility index (Phi) is 6.58. The summed E-state index contributed by atoms with van der Waals surface area (Å²) in [5.41, 5.74) is 1.86. The van der Waals surface area contributed by atoms with Crippen molar-refractivity contribution in [2.45, 2.75) is 0 Å². The summed E-state index contributed by atoms with van der Waals surface area (Å²) in [5, 5.41) is 0. The first-order valence-corrected chi connectivity index (χ1v) is 11.8. The Labute approximate surface area is 208 Å². The van der Waals surface area contributed by atoms with Crippen LogP contribution in [0.2, 0.25) is 0 Å². The number of hydrogen-bond acceptors (Lipinski definition) is 5. The van der Waals surface area contributed by atoms with Crippen molar-refractivity contribution in [2.24, 2.45) is 0 Å². The van der Waals surface area contributed by atoms with Gasteiger partial charge in [0.05, 0.1) is 18.5 Å². The molecule has 0 bridgehead atoms. The first kappa shape index (κ1) is 23.4. The van der Waals surface area contributed by atoms with E-state index in [0.29, 0.717) is 49.1 Å². The Morgan fingerprint density at radius 3 is 2.31 bits per heavy atom. The zero-order valence-electron chi connectivity index (χ0n) is 19.9. The Balaban J connectivity index is 1.32. The van der Waals surface area contributed by atoms with E-state index in [1.807, 2.05) is 23.1 Å². The van der Waals surface area contributed by atoms with Crippen LogP contribution in [-0.4, -0.2) is 56.5 Å². The topological polar surface area (TPSA) is 62.3 Å². The molecular weight excluding hydrogens is 461 g/mol. The summed E-state index contributed by atoms with van der Waals surface area (Å²) in [6.07, 6.45) is 1.66. The summed E-state index contributed by atoms with van der Waals surface area (Å²) in [6.45, 7) is 1.81. The van der Waals surface area contributed by atoms with E-state index in [-0.39, 0.29) is 29.9 Å². The molecule has 1 saturated heterocycles. The molecule has 0 unspecified atom stereocenters. The number of hydrogen-bond donors (Lipinski definition) is 0. The number of nitrogens with zero attached hydrogens (tertiary/aromatic N) is 3. The summed E-state index contributed by atoms with van der Waals surface area (Å²) in [6, 6.07) is 21.1. The van der Waals surface area contributed by atoms with Gasteiger partial charge >= 0.3 is 0 Å². The van der Waals surface area contributed by atoms with E-state index in [2.05, 4.69) is 0 Å². The highest BCUT2D eigenvalue weighted by molar-refractivity contribution is 6.12. The lowest BCUT2D eigenvalue weighted by molar-refractivity contribution is -0.131. The van der Waals surface area contributed by atoms with Gasteiger partial charge < -0.3 is 19.3 Å². The monoisotopic (exact) mass is 487 g/mol. The molecule has 1 fully saturated rings. The zero-order valence-corrected chi connectivity index (χ0v) is 19.9. The highest BCUT2D eigenvalue weighted by atomic mass is 19.1. The zero-order chi connectivity index (χ0) is 25.1. The molecule has 0 spiro atoms. The molecule has 7 nitrogen and oxygen atoms in total. The lowest BCUT2D eigenvalue weighted by Crippen LogP contribution is -2.52. The maximum atomic E-state index is 14.2. The number of amides is 2. The van der Waals surface area contributed by atoms with E-state index in [1.165, 1.54) is 11.0 Å². The molecule has 3 aromatic rings. The number of benzene rings is 3. The first-order valence-electron chi connectivity index (χ1n) is 11.8. The predicted octanol–water partition coefficient (Wildman–Crippen LogP) is 3.95. The maximum absolute atomic E-state index is 14.2. The van der Waals surface area contributed by atoms with Crippen LogP contribution in [0.15, 0.2) is 78.6 Å². The molecule has 2 amide bonds. The van der Waals surface area contributed by atoms with E-state index >= 15 is 0 Å². The highest BCUT2D eigenvalue weighted by Crippen LogP contribution is 2.35. The van der Waals surface area contributed by atoms with Crippen LogP contribution in [0.4, 0.5) is 15.8 Å². The predicted molar refractivity (Wildman–Crippen MR) is 136 cm³/mol. The van der Waals surface area contributed by atoms with Crippen LogP contribution < -0.4 is 19.3 Å². The van der Waals surface area contributed by atoms with E-state index in [1.54, 1.807) is 66.6 Å². The van der Waals surface area contributed by atoms with Crippen molar-refractivity contribution in [1.82, 2.24) is 4.90 Å². The number of methoxy groups -OCH3 is 1. The Morgan fingerprint density at radius 1 is 0.944 bits per heavy atom. The van der Waals surface area contributed by atoms with Crippen LogP contribution in [0.5, 0.6) is 11.5 Å². The number of para-hydroxylation sites is 3. The van der Waals surface area contributed by atoms with Gasteiger partial charge in [-0.2, -0.15) is 0 Å². The molecule has 0 aromatic heterocycles. The van der Waals surface area contributed by atoms with Gasteiger partial charge in [0, 0.05) is 26.2 Å². The molecule has 0 radical (unpaired) electrons. The average molecular weight is 488 g/mol. The molecule has 2 aliphatic rings. The van der Waals surface area contributed by atoms with Crippen molar-refractivity contribution in [3.05, 3.63) is 89.9 Å². The van der Waals surface area contributed by atoms with Gasteiger partial charge in [0.2, 0.25) is 5.91 Å². The van der Waals surface area contributed by atoms with E-state index in [0.717, 1.165) is 5.56 Å². The van der Waals surface area contributed by atoms with Crippen molar-refractivity contribution in [3.63, 3.8) is 0 Å². The van der Waals surface area contributed by atoms with Gasteiger partial charge in [-0.05, 0) is 48.0 Å². The molecule has 0 N–H and O–H groups in total. The number of halogens is 1. The standard InChI is InChI=1S/C28H26FN3O4/c1-35-21-12-10-20(11-13-21)18-26-28(34)32(24-8-4-5-9-25(24)36-26)19-27(33)31-16-14-30(15-17-31)23-7-3-2-6-22(23)29/h2-13,18H,14-17,19H2,1H3/b26-18+. The van der Waals surface area contributed by atoms with E-state index in [9.17, 15) is 14.0 Å². The fourth-order valence-electron chi connectivity index (χ4n) is 4.41. The van der Waals surface area contributed by atoms with Gasteiger partial charge in [-0.15, -0.1) is 0 Å². The lowest BCUT2D eigenvalue weighted by atomic mass is 10.1. The van der Waals surface area contributed by atoms with Crippen molar-refractivity contribution in [1.29, 1.82) is 0 Å². The summed E-state index contributed by atoms with van der Waals surface area (Å²) in [7, 11) is 1.59. The number of ether oxygens (including phenoxy) is 2. The maximum Gasteiger partial charge on any atom is 0.294 e. The molecule has 184 valence electrons. The lowest BCUT2D eigenvalue weighted by Gasteiger charge is -2.37. The molecule has 2 heterocycles. The summed E-state index contributed by atoms with van der Waals surface area (Å²) >= 11 is 0. The largest absolute Gasteiger partial charge is 0.497 e. The molecule has 5 rings (SSSR count). The third-order valence-corrected chi connectivity index (χ3v) is 6.36. The minimum absolute atomic E-state index is 0.112. The normalized spacial score (nSPS) is 16.6. The van der Waals surface area contributed by atoms with Crippen LogP contribution in [0.25, 0.3) is 6.08 Å². The van der Waals surface area contributed by atoms with Crippen molar-refractivity contribution >= 4 is 29.3 Å². The van der Waals surface area contributed by atoms with Crippen molar-refractivity contribution < 1.29 is 23.5 Å². The average Bonchev–Trinajstić information content (AvgIpc) is 2.91. The minimum atomic E-state index is -0.386. The second kappa shape index (κ2) is 10.1. The number of fused-ring (bicyclic) bond motifs is 1. The smallest absolute Gasteiger partial charge is 0.294 e. The number of rotatable bonds is 5. The van der Waals surface area contributed by atoms with E-state index in [4.69, 9.17) is 9.47 Å². The molecule has 3 aromatic carbocycles. The quantitative estimate of drug-likeness (QED) is 0.510. The molecule has 8 heteroatoms. The van der Waals surface area contributed by atoms with Crippen LogP contribution in [0, 0.1) is 5.82 Å². The Hall–Kier alpha value is -4.33. The Morgan fingerprint density at radius 2 is 1.61 bits per heavy atom. The fraction of sp³-hybridized carbons (Fsp3) is 0.214. The number of carbonyl (C=O) groups excluding carboxylic acids is 2. The van der Waals surface area contributed by atoms with Crippen molar-refractivity contribution in [2.75, 3.05) is 49.6 Å². The fourth-order valence-corrected chi connectivity index (χ4v) is 4.41. The minimum Gasteiger partial charge on any atom is -0.497 e. The molecule has 0 saturated carbocycles. The summed E-state index contributed by atoms with van der Waals surface area (Å²) < 4.78 is 25.3. The van der Waals surface area contributed by atoms with Gasteiger partial charge in [-0.3, -0.25) is 14.5 Å². The van der Waals surface area contributed by atoms with Crippen LogP contribution in [-0.2, 0) is 9.59 Å². The summed E-state index contributed by atoms with van der Waals surface area (Å²) in [5.74, 6) is 0.523. The second-order valence-corrected chi connectivity index (χ2v) is 8.56. The van der Waals surface area contributed by atoms with Crippen LogP contribution in [0.3, 0.4) is 0 Å². The third kappa shape index (κ3) is 4.75. The van der Waals surface area contributed by atoms with Gasteiger partial charge in [0.1, 0.15) is 18.1 Å². The van der Waals surface area contributed by atoms with E-state index < -0.39 is 0 Å². The molecule has 0 atom stereocenters. The van der Waals surface area contributed by atoms with Crippen LogP contribution >= 0.6 is 0 Å². The molecule has 36 heavy (non-hydrogen) atoms. The van der Waals surface area contributed by atoms with Gasteiger partial charge in [-0.1, -0.05) is 36.4 Å². The van der Waals surface area contributed by atoms with Crippen LogP contribution in [0.1, 0.15) is 5.56 Å². The summed E-state index contributed by atoms with van der Waals surface area (Å²) in [4.78, 5) is 31.7. The van der Waals surface area contributed by atoms with Crippen molar-refractivity contribution in [3.8, 4) is 11.5 Å². The number of anilines is 2. The first-order chi connectivity index (χ1) is 17.5. The third-order valence-electron chi connectivity index (χ3n) is 6.36. The van der Waals surface area contributed by atoms with Gasteiger partial charge in [0.15, 0.2) is 11.5 Å². The molecule has 2 aliphatic heterocycles. The highest BCUT2D eigenvalue weighted by Gasteiger charge is 2.33. The molecular formula is C28H26FN3O4. The second-order valence-electron chi connectivity index (χ2n) is 8.56. The number of piperazine rings is 1. The number of carbonyl (C=O) groups is 2.